The molecule has 8 heteroatoms. The summed E-state index contributed by atoms with van der Waals surface area (Å²) in [5.74, 6) is -14.9. The second-order valence-electron chi connectivity index (χ2n) is 3.06. The van der Waals surface area contributed by atoms with Gasteiger partial charge in [0.1, 0.15) is 0 Å². The van der Waals surface area contributed by atoms with Crippen molar-refractivity contribution in [1.82, 2.24) is 0 Å². The average Bonchev–Trinajstić information content (AvgIpc) is 1.81. The van der Waals surface area contributed by atoms with Crippen molar-refractivity contribution in [3.63, 3.8) is 0 Å². The molecule has 0 nitrogen and oxygen atoms in total. The minimum Gasteiger partial charge on any atom is -0.226 e. The van der Waals surface area contributed by atoms with Crippen LogP contribution in [-0.4, -0.2) is 23.2 Å². The van der Waals surface area contributed by atoms with Gasteiger partial charge in [0.15, 0.2) is 0 Å². The second kappa shape index (κ2) is 3.22. The molecule has 0 saturated heterocycles. The molecule has 0 fully saturated rings. The highest BCUT2D eigenvalue weighted by Crippen LogP contribution is 2.54. The highest BCUT2D eigenvalue weighted by atomic mass is 31.0. The van der Waals surface area contributed by atoms with E-state index in [1.165, 1.54) is 0 Å². The maximum absolute atomic E-state index is 12.9. The maximum atomic E-state index is 12.9. The van der Waals surface area contributed by atoms with E-state index in [9.17, 15) is 30.7 Å². The molecule has 0 amide bonds. The number of rotatable bonds is 3. The summed E-state index contributed by atoms with van der Waals surface area (Å²) >= 11 is 0. The first-order chi connectivity index (χ1) is 5.75. The van der Waals surface area contributed by atoms with Crippen molar-refractivity contribution in [3.8, 4) is 0 Å². The van der Waals surface area contributed by atoms with Crippen LogP contribution >= 0.6 is 9.24 Å². The zero-order valence-corrected chi connectivity index (χ0v) is 8.38. The summed E-state index contributed by atoms with van der Waals surface area (Å²) in [6.45, 7) is -0.517. The number of halogens is 7. The lowest BCUT2D eigenvalue weighted by Gasteiger charge is -2.37. The third kappa shape index (κ3) is 1.97. The van der Waals surface area contributed by atoms with Crippen molar-refractivity contribution in [2.75, 3.05) is 0 Å². The van der Waals surface area contributed by atoms with Crippen LogP contribution in [0.2, 0.25) is 0 Å². The highest BCUT2D eigenvalue weighted by Gasteiger charge is 2.73. The minimum absolute atomic E-state index is 0.195. The summed E-state index contributed by atoms with van der Waals surface area (Å²) in [7, 11) is 0.447. The molecular formula is C6H8F7P. The Hall–Kier alpha value is -0.0600. The molecule has 0 aliphatic heterocycles. The zero-order chi connectivity index (χ0) is 12.0. The van der Waals surface area contributed by atoms with E-state index in [4.69, 9.17) is 0 Å². The third-order valence-corrected chi connectivity index (χ3v) is 2.52. The predicted octanol–water partition coefficient (Wildman–Crippen LogP) is 3.47. The van der Waals surface area contributed by atoms with Crippen molar-refractivity contribution in [2.24, 2.45) is 0 Å². The van der Waals surface area contributed by atoms with Gasteiger partial charge in [-0.3, -0.25) is 0 Å². The monoisotopic (exact) mass is 244 g/mol. The van der Waals surface area contributed by atoms with Crippen LogP contribution in [0.15, 0.2) is 0 Å². The molecule has 0 rings (SSSR count). The normalized spacial score (nSPS) is 19.3. The molecule has 0 N–H and O–H groups in total. The summed E-state index contributed by atoms with van der Waals surface area (Å²) in [6.07, 6.45) is 0. The molecule has 2 unspecified atom stereocenters. The van der Waals surface area contributed by atoms with Crippen LogP contribution in [0.25, 0.3) is 0 Å². The van der Waals surface area contributed by atoms with Crippen molar-refractivity contribution < 1.29 is 30.7 Å². The zero-order valence-electron chi connectivity index (χ0n) is 7.22. The Labute approximate surface area is 78.1 Å². The standard InChI is InChI=1S/C6H8F7P/c1-3(7,8)5(11,12)6(13,14)4(2,9)10/h14H2,1-2H3. The maximum Gasteiger partial charge on any atom is 0.352 e. The van der Waals surface area contributed by atoms with Crippen LogP contribution in [-0.2, 0) is 0 Å². The lowest BCUT2D eigenvalue weighted by Crippen LogP contribution is -2.59. The summed E-state index contributed by atoms with van der Waals surface area (Å²) in [5.41, 5.74) is 0. The lowest BCUT2D eigenvalue weighted by atomic mass is 10.0. The number of hydrogen-bond donors (Lipinski definition) is 0. The van der Waals surface area contributed by atoms with Gasteiger partial charge in [0.25, 0.3) is 11.3 Å². The molecule has 0 aliphatic rings. The van der Waals surface area contributed by atoms with E-state index < -0.39 is 23.2 Å². The van der Waals surface area contributed by atoms with Gasteiger partial charge in [-0.1, -0.05) is 9.24 Å². The fraction of sp³-hybridized carbons (Fsp3) is 1.00. The first kappa shape index (κ1) is 13.9. The van der Waals surface area contributed by atoms with E-state index >= 15 is 0 Å². The molecule has 2 atom stereocenters. The van der Waals surface area contributed by atoms with Crippen molar-refractivity contribution in [3.05, 3.63) is 0 Å². The quantitative estimate of drug-likeness (QED) is 0.526. The molecule has 0 bridgehead atoms. The van der Waals surface area contributed by atoms with E-state index in [0.29, 0.717) is 9.24 Å². The van der Waals surface area contributed by atoms with Crippen LogP contribution in [0.3, 0.4) is 0 Å². The van der Waals surface area contributed by atoms with E-state index in [2.05, 4.69) is 0 Å². The summed E-state index contributed by atoms with van der Waals surface area (Å²) in [4.78, 5) is 0. The Balaban J connectivity index is 5.30. The molecule has 0 radical (unpaired) electrons. The first-order valence-corrected chi connectivity index (χ1v) is 3.94. The molecule has 0 heterocycles. The molecule has 14 heavy (non-hydrogen) atoms. The smallest absolute Gasteiger partial charge is 0.226 e. The number of hydrogen-bond acceptors (Lipinski definition) is 0. The Morgan fingerprint density at radius 1 is 0.714 bits per heavy atom. The second-order valence-corrected chi connectivity index (χ2v) is 3.86. The van der Waals surface area contributed by atoms with Gasteiger partial charge in [-0.05, 0) is 0 Å². The van der Waals surface area contributed by atoms with Crippen LogP contribution in [0.5, 0.6) is 0 Å². The fourth-order valence-corrected chi connectivity index (χ4v) is 0.849. The van der Waals surface area contributed by atoms with Gasteiger partial charge in [0.05, 0.1) is 0 Å². The SMILES string of the molecule is CC(F)(F)C(F)(F)C(F)(P)C(C)(F)F. The van der Waals surface area contributed by atoms with Gasteiger partial charge in [-0.15, -0.1) is 0 Å². The Morgan fingerprint density at radius 2 is 1.00 bits per heavy atom. The van der Waals surface area contributed by atoms with Gasteiger partial charge in [-0.2, -0.15) is 8.78 Å². The molecule has 0 aliphatic carbocycles. The molecule has 0 saturated carbocycles. The predicted molar refractivity (Wildman–Crippen MR) is 39.7 cm³/mol. The average molecular weight is 244 g/mol. The Bertz CT molecular complexity index is 187. The summed E-state index contributed by atoms with van der Waals surface area (Å²) < 4.78 is 87.0. The molecule has 0 aromatic rings. The van der Waals surface area contributed by atoms with Crippen LogP contribution < -0.4 is 0 Å². The van der Waals surface area contributed by atoms with Crippen LogP contribution in [0.4, 0.5) is 30.7 Å². The highest BCUT2D eigenvalue weighted by molar-refractivity contribution is 7.19. The number of alkyl halides is 7. The van der Waals surface area contributed by atoms with Gasteiger partial charge >= 0.3 is 11.8 Å². The Morgan fingerprint density at radius 3 is 1.07 bits per heavy atom. The van der Waals surface area contributed by atoms with Gasteiger partial charge in [0.2, 0.25) is 0 Å². The minimum atomic E-state index is -5.47. The molecule has 0 spiro atoms. The molecule has 0 aromatic carbocycles. The van der Waals surface area contributed by atoms with Crippen molar-refractivity contribution in [1.29, 1.82) is 0 Å². The van der Waals surface area contributed by atoms with Crippen molar-refractivity contribution >= 4 is 9.24 Å². The van der Waals surface area contributed by atoms with Gasteiger partial charge < -0.3 is 0 Å². The lowest BCUT2D eigenvalue weighted by molar-refractivity contribution is -0.281. The molecule has 0 aromatic heterocycles. The third-order valence-electron chi connectivity index (χ3n) is 1.65. The van der Waals surface area contributed by atoms with Crippen molar-refractivity contribution in [2.45, 2.75) is 37.0 Å². The van der Waals surface area contributed by atoms with Gasteiger partial charge in [-0.25, -0.2) is 22.0 Å². The van der Waals surface area contributed by atoms with E-state index in [1.807, 2.05) is 0 Å². The van der Waals surface area contributed by atoms with Gasteiger partial charge in [0, 0.05) is 13.8 Å². The molecular weight excluding hydrogens is 236 g/mol. The molecule has 86 valence electrons. The van der Waals surface area contributed by atoms with E-state index in [-0.39, 0.29) is 13.8 Å². The topological polar surface area (TPSA) is 0 Å². The summed E-state index contributed by atoms with van der Waals surface area (Å²) in [5, 5.41) is -4.68. The largest absolute Gasteiger partial charge is 0.352 e. The fourth-order valence-electron chi connectivity index (χ4n) is 0.595. The van der Waals surface area contributed by atoms with E-state index in [0.717, 1.165) is 0 Å². The van der Waals surface area contributed by atoms with E-state index in [1.54, 1.807) is 0 Å². The van der Waals surface area contributed by atoms with Crippen LogP contribution in [0, 0.1) is 0 Å². The Kier molecular flexibility index (Phi) is 3.21. The first-order valence-electron chi connectivity index (χ1n) is 3.36. The summed E-state index contributed by atoms with van der Waals surface area (Å²) in [6, 6.07) is 0. The van der Waals surface area contributed by atoms with Crippen LogP contribution in [0.1, 0.15) is 13.8 Å².